The van der Waals surface area contributed by atoms with Crippen LogP contribution in [0.3, 0.4) is 0 Å². The van der Waals surface area contributed by atoms with Crippen molar-refractivity contribution in [2.75, 3.05) is 64.2 Å². The lowest BCUT2D eigenvalue weighted by Gasteiger charge is -2.41. The number of likely N-dealkylation sites (N-methyl/N-ethyl adjacent to an activating group) is 1. The summed E-state index contributed by atoms with van der Waals surface area (Å²) in [4.78, 5) is 28.5. The molecule has 2 atom stereocenters. The highest BCUT2D eigenvalue weighted by Gasteiger charge is 2.34. The molecule has 2 fully saturated rings. The Bertz CT molecular complexity index is 1910. The lowest BCUT2D eigenvalue weighted by atomic mass is 9.97. The first-order chi connectivity index (χ1) is 23.6. The number of aromatic nitrogens is 2. The summed E-state index contributed by atoms with van der Waals surface area (Å²) in [6.07, 6.45) is 1.64. The van der Waals surface area contributed by atoms with Crippen LogP contribution in [0.25, 0.3) is 33.0 Å². The highest BCUT2D eigenvalue weighted by Crippen LogP contribution is 2.44. The van der Waals surface area contributed by atoms with Crippen molar-refractivity contribution in [3.63, 3.8) is 0 Å². The number of ether oxygens (including phenoxy) is 3. The van der Waals surface area contributed by atoms with Crippen LogP contribution in [0.15, 0.2) is 53.2 Å². The molecular weight excluding hydrogens is 643 g/mol. The third-order valence-corrected chi connectivity index (χ3v) is 8.87. The zero-order valence-electron chi connectivity index (χ0n) is 27.1. The number of piperazine rings is 1. The van der Waals surface area contributed by atoms with Gasteiger partial charge in [0.05, 0.1) is 42.3 Å². The van der Waals surface area contributed by atoms with Gasteiger partial charge in [-0.25, -0.2) is 0 Å². The van der Waals surface area contributed by atoms with Crippen LogP contribution >= 0.6 is 0 Å². The highest BCUT2D eigenvalue weighted by atomic mass is 19.4. The molecule has 4 heterocycles. The molecule has 2 aromatic carbocycles. The topological polar surface area (TPSA) is 143 Å². The van der Waals surface area contributed by atoms with Crippen molar-refractivity contribution < 1.29 is 36.6 Å². The van der Waals surface area contributed by atoms with Crippen molar-refractivity contribution in [2.24, 2.45) is 0 Å². The number of methoxy groups -OCH3 is 1. The molecule has 258 valence electrons. The monoisotopic (exact) mass is 679 g/mol. The van der Waals surface area contributed by atoms with E-state index in [1.54, 1.807) is 23.1 Å². The lowest BCUT2D eigenvalue weighted by molar-refractivity contribution is -0.274. The van der Waals surface area contributed by atoms with Crippen LogP contribution in [0.5, 0.6) is 11.8 Å². The van der Waals surface area contributed by atoms with Gasteiger partial charge in [0.25, 0.3) is 0 Å². The summed E-state index contributed by atoms with van der Waals surface area (Å²) in [6, 6.07) is 9.20. The fourth-order valence-corrected chi connectivity index (χ4v) is 6.50. The SMILES string of the molecule is COC/C=C/C(=O)N1CCN(c2nc(OC[C@@H]3CCCN3C)nc3cc(-c4cc(N)ccc4OC(F)(F)F)c4ccoc4c23)C[C@@H]1CC#N. The average molecular weight is 680 g/mol. The fraction of sp³-hybridized carbons (Fsp3) is 0.412. The molecule has 0 radical (unpaired) electrons. The predicted molar refractivity (Wildman–Crippen MR) is 176 cm³/mol. The summed E-state index contributed by atoms with van der Waals surface area (Å²) in [5.41, 5.74) is 7.43. The lowest BCUT2D eigenvalue weighted by Crippen LogP contribution is -2.55. The van der Waals surface area contributed by atoms with Crippen molar-refractivity contribution in [3.05, 3.63) is 48.7 Å². The number of carbonyl (C=O) groups is 1. The number of fused-ring (bicyclic) bond motifs is 3. The summed E-state index contributed by atoms with van der Waals surface area (Å²) < 4.78 is 62.0. The second kappa shape index (κ2) is 14.2. The van der Waals surface area contributed by atoms with Gasteiger partial charge in [0.1, 0.15) is 23.8 Å². The van der Waals surface area contributed by atoms with E-state index in [9.17, 15) is 23.2 Å². The minimum Gasteiger partial charge on any atom is -0.463 e. The molecule has 15 heteroatoms. The van der Waals surface area contributed by atoms with Gasteiger partial charge in [0, 0.05) is 55.5 Å². The number of rotatable bonds is 10. The zero-order valence-corrected chi connectivity index (χ0v) is 27.1. The number of hydrogen-bond acceptors (Lipinski definition) is 11. The maximum Gasteiger partial charge on any atom is 0.573 e. The number of alkyl halides is 3. The number of nitrogens with two attached hydrogens (primary N) is 1. The molecule has 2 N–H and O–H groups in total. The van der Waals surface area contributed by atoms with E-state index in [2.05, 4.69) is 15.7 Å². The largest absolute Gasteiger partial charge is 0.573 e. The van der Waals surface area contributed by atoms with Crippen molar-refractivity contribution >= 4 is 39.3 Å². The Morgan fingerprint density at radius 3 is 2.73 bits per heavy atom. The van der Waals surface area contributed by atoms with Crippen molar-refractivity contribution in [2.45, 2.75) is 37.7 Å². The molecule has 0 unspecified atom stereocenters. The van der Waals surface area contributed by atoms with Crippen LogP contribution in [-0.2, 0) is 9.53 Å². The molecule has 2 aliphatic rings. The van der Waals surface area contributed by atoms with Gasteiger partial charge in [-0.3, -0.25) is 4.79 Å². The summed E-state index contributed by atoms with van der Waals surface area (Å²) in [6.45, 7) is 2.51. The van der Waals surface area contributed by atoms with Gasteiger partial charge >= 0.3 is 12.4 Å². The molecule has 0 bridgehead atoms. The third-order valence-electron chi connectivity index (χ3n) is 8.87. The van der Waals surface area contributed by atoms with Crippen molar-refractivity contribution in [1.82, 2.24) is 19.8 Å². The number of amides is 1. The van der Waals surface area contributed by atoms with Crippen LogP contribution in [0.1, 0.15) is 19.3 Å². The number of carbonyl (C=O) groups excluding carboxylic acids is 1. The van der Waals surface area contributed by atoms with Crippen LogP contribution in [-0.4, -0.2) is 97.7 Å². The Hall–Kier alpha value is -5.07. The molecule has 1 amide bonds. The van der Waals surface area contributed by atoms with Crippen LogP contribution in [0.2, 0.25) is 0 Å². The van der Waals surface area contributed by atoms with E-state index in [-0.39, 0.29) is 48.8 Å². The number of hydrogen-bond donors (Lipinski definition) is 1. The number of nitrogen functional groups attached to an aromatic ring is 1. The number of likely N-dealkylation sites (tertiary alicyclic amines) is 1. The first-order valence-corrected chi connectivity index (χ1v) is 15.8. The summed E-state index contributed by atoms with van der Waals surface area (Å²) in [7, 11) is 3.56. The maximum atomic E-state index is 13.5. The van der Waals surface area contributed by atoms with E-state index in [1.165, 1.54) is 37.6 Å². The molecule has 12 nitrogen and oxygen atoms in total. The number of benzene rings is 2. The van der Waals surface area contributed by atoms with E-state index >= 15 is 0 Å². The molecule has 0 spiro atoms. The van der Waals surface area contributed by atoms with E-state index in [1.807, 2.05) is 11.9 Å². The van der Waals surface area contributed by atoms with Gasteiger partial charge in [-0.05, 0) is 62.3 Å². The van der Waals surface area contributed by atoms with E-state index in [4.69, 9.17) is 29.6 Å². The first-order valence-electron chi connectivity index (χ1n) is 15.8. The standard InChI is InChI=1S/C34H36F3N7O5/c1-42-12-3-5-23(42)20-48-33-40-27-18-25(26-17-21(39)7-8-28(26)49-34(35,36)37)24-10-16-47-31(24)30(27)32(41-33)43-13-14-44(22(19-43)9-11-38)29(45)6-4-15-46-2/h4,6-8,10,16-18,22-23H,3,5,9,12-15,19-20,39H2,1-2H3/b6-4+/t22-,23-/m0/s1. The zero-order chi connectivity index (χ0) is 34.7. The molecule has 4 aromatic rings. The molecule has 49 heavy (non-hydrogen) atoms. The second-order valence-electron chi connectivity index (χ2n) is 12.1. The van der Waals surface area contributed by atoms with E-state index in [0.717, 1.165) is 19.4 Å². The average Bonchev–Trinajstić information content (AvgIpc) is 3.72. The molecule has 0 aliphatic carbocycles. The third kappa shape index (κ3) is 7.35. The predicted octanol–water partition coefficient (Wildman–Crippen LogP) is 5.13. The van der Waals surface area contributed by atoms with Crippen LogP contribution in [0, 0.1) is 11.3 Å². The molecule has 2 aromatic heterocycles. The molecule has 0 saturated carbocycles. The smallest absolute Gasteiger partial charge is 0.463 e. The van der Waals surface area contributed by atoms with Crippen molar-refractivity contribution in [1.29, 1.82) is 5.26 Å². The Morgan fingerprint density at radius 2 is 2.00 bits per heavy atom. The Kier molecular flexibility index (Phi) is 9.79. The van der Waals surface area contributed by atoms with Gasteiger partial charge in [-0.1, -0.05) is 6.08 Å². The second-order valence-corrected chi connectivity index (χ2v) is 12.1. The normalized spacial score (nSPS) is 18.9. The number of nitriles is 1. The summed E-state index contributed by atoms with van der Waals surface area (Å²) in [5.74, 6) is -0.208. The van der Waals surface area contributed by atoms with E-state index in [0.29, 0.717) is 52.9 Å². The van der Waals surface area contributed by atoms with Gasteiger partial charge in [-0.2, -0.15) is 15.2 Å². The summed E-state index contributed by atoms with van der Waals surface area (Å²) >= 11 is 0. The molecule has 6 rings (SSSR count). The fourth-order valence-electron chi connectivity index (χ4n) is 6.50. The van der Waals surface area contributed by atoms with Gasteiger partial charge in [-0.15, -0.1) is 13.2 Å². The highest BCUT2D eigenvalue weighted by molar-refractivity contribution is 6.14. The number of halogens is 3. The van der Waals surface area contributed by atoms with Gasteiger partial charge < -0.3 is 39.1 Å². The molecule has 2 saturated heterocycles. The Morgan fingerprint density at radius 1 is 1.16 bits per heavy atom. The number of furan rings is 1. The molecular formula is C34H36F3N7O5. The Labute approximate surface area is 280 Å². The first kappa shape index (κ1) is 33.8. The Balaban J connectivity index is 1.47. The van der Waals surface area contributed by atoms with Crippen LogP contribution < -0.4 is 20.1 Å². The van der Waals surface area contributed by atoms with Crippen molar-refractivity contribution in [3.8, 4) is 29.0 Å². The minimum atomic E-state index is -4.94. The summed E-state index contributed by atoms with van der Waals surface area (Å²) in [5, 5.41) is 10.7. The van der Waals surface area contributed by atoms with Gasteiger partial charge in [0.15, 0.2) is 0 Å². The number of nitrogens with zero attached hydrogens (tertiary/aromatic N) is 6. The van der Waals surface area contributed by atoms with E-state index < -0.39 is 18.2 Å². The number of anilines is 2. The van der Waals surface area contributed by atoms with Gasteiger partial charge in [0.2, 0.25) is 5.91 Å². The maximum absolute atomic E-state index is 13.5. The molecule has 2 aliphatic heterocycles. The minimum absolute atomic E-state index is 0.0804. The quantitative estimate of drug-likeness (QED) is 0.176. The van der Waals surface area contributed by atoms with Crippen LogP contribution in [0.4, 0.5) is 24.7 Å².